The maximum Gasteiger partial charge on any atom is 0.304 e. The summed E-state index contributed by atoms with van der Waals surface area (Å²) >= 11 is 0. The number of benzene rings is 2. The third-order valence-electron chi connectivity index (χ3n) is 5.13. The molecule has 0 aliphatic heterocycles. The van der Waals surface area contributed by atoms with E-state index in [1.54, 1.807) is 37.3 Å². The molecule has 0 saturated carbocycles. The fourth-order valence-corrected chi connectivity index (χ4v) is 4.25. The summed E-state index contributed by atoms with van der Waals surface area (Å²) in [5.41, 5.74) is 2.29. The van der Waals surface area contributed by atoms with Crippen molar-refractivity contribution < 1.29 is 18.0 Å². The van der Waals surface area contributed by atoms with E-state index in [2.05, 4.69) is 5.32 Å². The van der Waals surface area contributed by atoms with Crippen LogP contribution in [0.15, 0.2) is 54.6 Å². The van der Waals surface area contributed by atoms with Crippen molar-refractivity contribution >= 4 is 27.7 Å². The highest BCUT2D eigenvalue weighted by Crippen LogP contribution is 2.20. The largest absolute Gasteiger partial charge is 0.352 e. The van der Waals surface area contributed by atoms with Gasteiger partial charge in [0.15, 0.2) is 0 Å². The first kappa shape index (κ1) is 26.3. The van der Waals surface area contributed by atoms with Crippen LogP contribution < -0.4 is 9.62 Å². The van der Waals surface area contributed by atoms with Crippen molar-refractivity contribution in [2.24, 2.45) is 0 Å². The lowest BCUT2D eigenvalue weighted by molar-refractivity contribution is -0.139. The number of amides is 2. The van der Waals surface area contributed by atoms with Gasteiger partial charge in [0.25, 0.3) is 0 Å². The number of para-hydroxylation sites is 1. The van der Waals surface area contributed by atoms with Crippen LogP contribution in [-0.2, 0) is 26.3 Å². The van der Waals surface area contributed by atoms with Crippen LogP contribution in [-0.4, -0.2) is 62.2 Å². The van der Waals surface area contributed by atoms with Crippen LogP contribution >= 0.6 is 0 Å². The molecular formula is C24H34N4O4S. The van der Waals surface area contributed by atoms with Crippen LogP contribution in [0.2, 0.25) is 0 Å². The summed E-state index contributed by atoms with van der Waals surface area (Å²) in [5, 5.41) is 2.83. The van der Waals surface area contributed by atoms with E-state index in [-0.39, 0.29) is 18.5 Å². The second-order valence-electron chi connectivity index (χ2n) is 8.48. The third kappa shape index (κ3) is 7.03. The van der Waals surface area contributed by atoms with Crippen LogP contribution in [0, 0.1) is 6.92 Å². The van der Waals surface area contributed by atoms with Gasteiger partial charge < -0.3 is 10.2 Å². The fraction of sp³-hybridized carbons (Fsp3) is 0.417. The number of hydrogen-bond acceptors (Lipinski definition) is 4. The molecule has 0 radical (unpaired) electrons. The normalized spacial score (nSPS) is 12.5. The molecule has 0 aliphatic carbocycles. The number of hydrogen-bond donors (Lipinski definition) is 1. The van der Waals surface area contributed by atoms with E-state index in [1.807, 2.05) is 45.0 Å². The molecule has 180 valence electrons. The first-order valence-corrected chi connectivity index (χ1v) is 12.2. The van der Waals surface area contributed by atoms with Crippen LogP contribution in [0.3, 0.4) is 0 Å². The number of carbonyl (C=O) groups excluding carboxylic acids is 2. The van der Waals surface area contributed by atoms with Crippen molar-refractivity contribution in [2.75, 3.05) is 24.9 Å². The highest BCUT2D eigenvalue weighted by atomic mass is 32.2. The number of nitrogens with one attached hydrogen (secondary N) is 1. The minimum atomic E-state index is -3.95. The zero-order valence-electron chi connectivity index (χ0n) is 20.1. The van der Waals surface area contributed by atoms with Gasteiger partial charge in [-0.05, 0) is 45.4 Å². The van der Waals surface area contributed by atoms with E-state index in [1.165, 1.54) is 19.0 Å². The Labute approximate surface area is 197 Å². The summed E-state index contributed by atoms with van der Waals surface area (Å²) in [6.45, 7) is 7.05. The number of rotatable bonds is 10. The number of aryl methyl sites for hydroxylation is 1. The van der Waals surface area contributed by atoms with Gasteiger partial charge in [0.2, 0.25) is 11.8 Å². The van der Waals surface area contributed by atoms with Gasteiger partial charge in [-0.1, -0.05) is 48.0 Å². The molecule has 9 heteroatoms. The molecule has 1 atom stereocenters. The lowest BCUT2D eigenvalue weighted by Gasteiger charge is -2.33. The Hall–Kier alpha value is -2.91. The standard InChI is InChI=1S/C24H34N4O4S/c1-18(2)25-24(30)20(4)27(16-21-14-12-19(3)13-15-21)23(29)17-28(33(31,32)26(5)6)22-10-8-7-9-11-22/h7-15,18,20H,16-17H2,1-6H3,(H,25,30)/t20-/m0/s1. The Kier molecular flexibility index (Phi) is 9.01. The summed E-state index contributed by atoms with van der Waals surface area (Å²) < 4.78 is 28.2. The molecule has 2 amide bonds. The van der Waals surface area contributed by atoms with Gasteiger partial charge in [0, 0.05) is 26.7 Å². The van der Waals surface area contributed by atoms with Gasteiger partial charge in [-0.2, -0.15) is 12.7 Å². The minimum Gasteiger partial charge on any atom is -0.352 e. The predicted octanol–water partition coefficient (Wildman–Crippen LogP) is 2.55. The molecular weight excluding hydrogens is 440 g/mol. The molecule has 0 heterocycles. The zero-order chi connectivity index (χ0) is 24.8. The second kappa shape index (κ2) is 11.3. The summed E-state index contributed by atoms with van der Waals surface area (Å²) in [6.07, 6.45) is 0. The first-order valence-electron chi connectivity index (χ1n) is 10.8. The molecule has 0 aromatic heterocycles. The zero-order valence-corrected chi connectivity index (χ0v) is 21.0. The molecule has 2 aromatic rings. The van der Waals surface area contributed by atoms with E-state index < -0.39 is 28.7 Å². The number of carbonyl (C=O) groups is 2. The highest BCUT2D eigenvalue weighted by Gasteiger charge is 2.32. The molecule has 0 bridgehead atoms. The Morgan fingerprint density at radius 1 is 0.939 bits per heavy atom. The first-order chi connectivity index (χ1) is 15.4. The minimum absolute atomic E-state index is 0.0915. The molecule has 1 N–H and O–H groups in total. The number of nitrogens with zero attached hydrogens (tertiary/aromatic N) is 3. The van der Waals surface area contributed by atoms with Crippen LogP contribution in [0.5, 0.6) is 0 Å². The molecule has 0 saturated heterocycles. The Balaban J connectivity index is 2.41. The predicted molar refractivity (Wildman–Crippen MR) is 131 cm³/mol. The molecule has 0 unspecified atom stereocenters. The lowest BCUT2D eigenvalue weighted by atomic mass is 10.1. The van der Waals surface area contributed by atoms with E-state index in [0.717, 1.165) is 19.7 Å². The quantitative estimate of drug-likeness (QED) is 0.573. The van der Waals surface area contributed by atoms with Crippen molar-refractivity contribution in [3.05, 3.63) is 65.7 Å². The van der Waals surface area contributed by atoms with Gasteiger partial charge in [0.1, 0.15) is 12.6 Å². The molecule has 0 fully saturated rings. The van der Waals surface area contributed by atoms with Crippen molar-refractivity contribution in [3.63, 3.8) is 0 Å². The van der Waals surface area contributed by atoms with E-state index in [0.29, 0.717) is 5.69 Å². The smallest absolute Gasteiger partial charge is 0.304 e. The lowest BCUT2D eigenvalue weighted by Crippen LogP contribution is -2.53. The van der Waals surface area contributed by atoms with Crippen LogP contribution in [0.4, 0.5) is 5.69 Å². The molecule has 0 aliphatic rings. The average molecular weight is 475 g/mol. The summed E-state index contributed by atoms with van der Waals surface area (Å²) in [6, 6.07) is 15.2. The fourth-order valence-electron chi connectivity index (χ4n) is 3.19. The van der Waals surface area contributed by atoms with E-state index >= 15 is 0 Å². The molecule has 2 aromatic carbocycles. The second-order valence-corrected chi connectivity index (χ2v) is 10.5. The third-order valence-corrected chi connectivity index (χ3v) is 6.95. The van der Waals surface area contributed by atoms with Crippen molar-refractivity contribution in [1.82, 2.24) is 14.5 Å². The van der Waals surface area contributed by atoms with Crippen LogP contribution in [0.1, 0.15) is 31.9 Å². The Morgan fingerprint density at radius 2 is 1.52 bits per heavy atom. The average Bonchev–Trinajstić information content (AvgIpc) is 2.76. The molecule has 2 rings (SSSR count). The monoisotopic (exact) mass is 474 g/mol. The summed E-state index contributed by atoms with van der Waals surface area (Å²) in [7, 11) is -1.12. The number of anilines is 1. The van der Waals surface area contributed by atoms with E-state index in [9.17, 15) is 18.0 Å². The van der Waals surface area contributed by atoms with Crippen molar-refractivity contribution in [2.45, 2.75) is 46.3 Å². The highest BCUT2D eigenvalue weighted by molar-refractivity contribution is 7.90. The molecule has 8 nitrogen and oxygen atoms in total. The summed E-state index contributed by atoms with van der Waals surface area (Å²) in [4.78, 5) is 27.7. The Bertz CT molecular complexity index is 1040. The van der Waals surface area contributed by atoms with Gasteiger partial charge in [-0.15, -0.1) is 0 Å². The van der Waals surface area contributed by atoms with Crippen LogP contribution in [0.25, 0.3) is 0 Å². The Morgan fingerprint density at radius 3 is 2.03 bits per heavy atom. The van der Waals surface area contributed by atoms with Gasteiger partial charge >= 0.3 is 10.2 Å². The van der Waals surface area contributed by atoms with Crippen molar-refractivity contribution in [3.8, 4) is 0 Å². The molecule has 0 spiro atoms. The molecule has 33 heavy (non-hydrogen) atoms. The SMILES string of the molecule is Cc1ccc(CN(C(=O)CN(c2ccccc2)S(=O)(=O)N(C)C)[C@@H](C)C(=O)NC(C)C)cc1. The van der Waals surface area contributed by atoms with Gasteiger partial charge in [-0.3, -0.25) is 9.59 Å². The summed E-state index contributed by atoms with van der Waals surface area (Å²) in [5.74, 6) is -0.775. The topological polar surface area (TPSA) is 90.0 Å². The maximum absolute atomic E-state index is 13.5. The van der Waals surface area contributed by atoms with Gasteiger partial charge in [-0.25, -0.2) is 4.31 Å². The maximum atomic E-state index is 13.5. The van der Waals surface area contributed by atoms with Gasteiger partial charge in [0.05, 0.1) is 5.69 Å². The van der Waals surface area contributed by atoms with Crippen molar-refractivity contribution in [1.29, 1.82) is 0 Å². The van der Waals surface area contributed by atoms with E-state index in [4.69, 9.17) is 0 Å².